The third-order valence-corrected chi connectivity index (χ3v) is 1.09. The fourth-order valence-electron chi connectivity index (χ4n) is 0. The third kappa shape index (κ3) is 10.7. The van der Waals surface area contributed by atoms with Crippen LogP contribution in [0.3, 0.4) is 0 Å². The zero-order valence-corrected chi connectivity index (χ0v) is 6.32. The van der Waals surface area contributed by atoms with Gasteiger partial charge in [0, 0.05) is 0 Å². The molecule has 0 spiro atoms. The van der Waals surface area contributed by atoms with Crippen molar-refractivity contribution in [2.45, 2.75) is 6.92 Å². The predicted octanol–water partition coefficient (Wildman–Crippen LogP) is -0.0478. The lowest BCUT2D eigenvalue weighted by molar-refractivity contribution is 0.484. The summed E-state index contributed by atoms with van der Waals surface area (Å²) in [5.74, 6) is -0.201. The van der Waals surface area contributed by atoms with Crippen molar-refractivity contribution in [1.29, 1.82) is 0 Å². The topological polar surface area (TPSA) is 54.4 Å². The molecule has 1 unspecified atom stereocenters. The van der Waals surface area contributed by atoms with E-state index in [0.29, 0.717) is 0 Å². The van der Waals surface area contributed by atoms with Gasteiger partial charge < -0.3 is 0 Å². The molecular formula is C2H9O3PS. The van der Waals surface area contributed by atoms with Crippen molar-refractivity contribution in [2.75, 3.05) is 5.75 Å². The van der Waals surface area contributed by atoms with Crippen molar-refractivity contribution in [2.24, 2.45) is 0 Å². The Hall–Kier alpha value is 0.340. The van der Waals surface area contributed by atoms with Gasteiger partial charge in [0.2, 0.25) is 0 Å². The van der Waals surface area contributed by atoms with E-state index in [1.165, 1.54) is 6.92 Å². The Morgan fingerprint density at radius 1 is 1.57 bits per heavy atom. The Labute approximate surface area is 46.5 Å². The van der Waals surface area contributed by atoms with E-state index in [0.717, 1.165) is 0 Å². The first-order valence-corrected chi connectivity index (χ1v) is 3.12. The average molecular weight is 144 g/mol. The monoisotopic (exact) mass is 144 g/mol. The molecule has 0 fully saturated rings. The fraction of sp³-hybridized carbons (Fsp3) is 1.00. The van der Waals surface area contributed by atoms with Crippen molar-refractivity contribution in [3.05, 3.63) is 0 Å². The highest BCUT2D eigenvalue weighted by Crippen LogP contribution is 1.74. The average Bonchev–Trinajstić information content (AvgIpc) is 1.35. The van der Waals surface area contributed by atoms with E-state index < -0.39 is 10.1 Å². The second-order valence-electron chi connectivity index (χ2n) is 0.871. The first kappa shape index (κ1) is 10.3. The molecular weight excluding hydrogens is 135 g/mol. The molecule has 1 atom stereocenters. The lowest BCUT2D eigenvalue weighted by atomic mass is 11.0. The van der Waals surface area contributed by atoms with Crippen molar-refractivity contribution in [3.63, 3.8) is 0 Å². The molecule has 3 nitrogen and oxygen atoms in total. The van der Waals surface area contributed by atoms with Crippen LogP contribution in [0, 0.1) is 0 Å². The summed E-state index contributed by atoms with van der Waals surface area (Å²) < 4.78 is 26.9. The first-order valence-electron chi connectivity index (χ1n) is 1.51. The van der Waals surface area contributed by atoms with Crippen LogP contribution < -0.4 is 0 Å². The lowest BCUT2D eigenvalue weighted by Crippen LogP contribution is -1.97. The summed E-state index contributed by atoms with van der Waals surface area (Å²) in [6, 6.07) is 0. The van der Waals surface area contributed by atoms with E-state index in [4.69, 9.17) is 4.55 Å². The quantitative estimate of drug-likeness (QED) is 0.414. The molecule has 0 saturated heterocycles. The number of rotatable bonds is 1. The molecule has 1 N–H and O–H groups in total. The van der Waals surface area contributed by atoms with Crippen LogP contribution in [0.5, 0.6) is 0 Å². The first-order chi connectivity index (χ1) is 2.56. The SMILES string of the molecule is CCS(=O)(=O)O.P. The molecule has 0 heterocycles. The van der Waals surface area contributed by atoms with E-state index in [-0.39, 0.29) is 15.7 Å². The Balaban J connectivity index is 0. The zero-order chi connectivity index (χ0) is 5.21. The van der Waals surface area contributed by atoms with Crippen LogP contribution in [0.15, 0.2) is 0 Å². The van der Waals surface area contributed by atoms with Crippen molar-refractivity contribution < 1.29 is 13.0 Å². The van der Waals surface area contributed by atoms with Crippen LogP contribution in [0.1, 0.15) is 6.92 Å². The van der Waals surface area contributed by atoms with Crippen LogP contribution in [-0.4, -0.2) is 18.7 Å². The second-order valence-corrected chi connectivity index (χ2v) is 2.61. The van der Waals surface area contributed by atoms with Crippen LogP contribution in [0.4, 0.5) is 0 Å². The maximum Gasteiger partial charge on any atom is 0.264 e. The molecule has 0 aromatic rings. The Kier molecular flexibility index (Phi) is 4.96. The minimum Gasteiger partial charge on any atom is -0.286 e. The number of hydrogen-bond donors (Lipinski definition) is 1. The summed E-state index contributed by atoms with van der Waals surface area (Å²) in [5.41, 5.74) is 0. The van der Waals surface area contributed by atoms with Gasteiger partial charge in [0.15, 0.2) is 0 Å². The van der Waals surface area contributed by atoms with Gasteiger partial charge in [0.05, 0.1) is 5.75 Å². The Morgan fingerprint density at radius 2 is 1.71 bits per heavy atom. The normalized spacial score (nSPS) is 10.0. The van der Waals surface area contributed by atoms with Crippen LogP contribution in [0.2, 0.25) is 0 Å². The van der Waals surface area contributed by atoms with Gasteiger partial charge in [0.1, 0.15) is 0 Å². The zero-order valence-electron chi connectivity index (χ0n) is 4.09. The molecule has 0 rings (SSSR count). The molecule has 0 aromatic carbocycles. The largest absolute Gasteiger partial charge is 0.286 e. The third-order valence-electron chi connectivity index (χ3n) is 0.365. The molecule has 0 aliphatic rings. The molecule has 0 aliphatic carbocycles. The summed E-state index contributed by atoms with van der Waals surface area (Å²) in [4.78, 5) is 0. The second kappa shape index (κ2) is 3.36. The van der Waals surface area contributed by atoms with Gasteiger partial charge in [0.25, 0.3) is 10.1 Å². The highest BCUT2D eigenvalue weighted by atomic mass is 32.2. The summed E-state index contributed by atoms with van der Waals surface area (Å²) in [7, 11) is -3.66. The van der Waals surface area contributed by atoms with E-state index in [2.05, 4.69) is 0 Å². The van der Waals surface area contributed by atoms with Gasteiger partial charge in [-0.2, -0.15) is 18.3 Å². The van der Waals surface area contributed by atoms with Gasteiger partial charge in [-0.05, 0) is 6.92 Å². The molecule has 0 aliphatic heterocycles. The van der Waals surface area contributed by atoms with E-state index in [1.54, 1.807) is 0 Å². The van der Waals surface area contributed by atoms with Gasteiger partial charge in [-0.3, -0.25) is 4.55 Å². The highest BCUT2D eigenvalue weighted by molar-refractivity contribution is 7.85. The minimum absolute atomic E-state index is 0. The maximum atomic E-state index is 9.56. The van der Waals surface area contributed by atoms with Crippen molar-refractivity contribution >= 4 is 20.0 Å². The highest BCUT2D eigenvalue weighted by Gasteiger charge is 1.93. The summed E-state index contributed by atoms with van der Waals surface area (Å²) in [5, 5.41) is 0. The Bertz CT molecular complexity index is 115. The van der Waals surface area contributed by atoms with Gasteiger partial charge in [-0.15, -0.1) is 0 Å². The van der Waals surface area contributed by atoms with Gasteiger partial charge in [-0.1, -0.05) is 0 Å². The van der Waals surface area contributed by atoms with Crippen LogP contribution >= 0.6 is 9.90 Å². The van der Waals surface area contributed by atoms with E-state index >= 15 is 0 Å². The smallest absolute Gasteiger partial charge is 0.264 e. The molecule has 0 aromatic heterocycles. The minimum atomic E-state index is -3.66. The van der Waals surface area contributed by atoms with Crippen LogP contribution in [-0.2, 0) is 10.1 Å². The standard InChI is InChI=1S/C2H6O3S.H3P/c1-2-6(3,4)5;/h2H2,1H3,(H,3,4,5);1H3. The molecule has 0 radical (unpaired) electrons. The molecule has 0 amide bonds. The van der Waals surface area contributed by atoms with E-state index in [9.17, 15) is 8.42 Å². The summed E-state index contributed by atoms with van der Waals surface area (Å²) >= 11 is 0. The van der Waals surface area contributed by atoms with Gasteiger partial charge >= 0.3 is 0 Å². The van der Waals surface area contributed by atoms with Crippen LogP contribution in [0.25, 0.3) is 0 Å². The Morgan fingerprint density at radius 3 is 1.71 bits per heavy atom. The van der Waals surface area contributed by atoms with Crippen molar-refractivity contribution in [1.82, 2.24) is 0 Å². The van der Waals surface area contributed by atoms with Gasteiger partial charge in [-0.25, -0.2) is 0 Å². The number of hydrogen-bond acceptors (Lipinski definition) is 2. The molecule has 5 heteroatoms. The molecule has 7 heavy (non-hydrogen) atoms. The lowest BCUT2D eigenvalue weighted by Gasteiger charge is -1.79. The summed E-state index contributed by atoms with van der Waals surface area (Å²) in [6.45, 7) is 1.37. The molecule has 46 valence electrons. The fourth-order valence-corrected chi connectivity index (χ4v) is 0. The van der Waals surface area contributed by atoms with E-state index in [1.807, 2.05) is 0 Å². The molecule has 0 bridgehead atoms. The summed E-state index contributed by atoms with van der Waals surface area (Å²) in [6.07, 6.45) is 0. The van der Waals surface area contributed by atoms with Crippen molar-refractivity contribution in [3.8, 4) is 0 Å². The maximum absolute atomic E-state index is 9.56. The predicted molar refractivity (Wildman–Crippen MR) is 33.2 cm³/mol. The molecule has 0 saturated carbocycles.